The molecule has 1 aliphatic rings. The third-order valence-electron chi connectivity index (χ3n) is 4.42. The Morgan fingerprint density at radius 2 is 1.89 bits per heavy atom. The van der Waals surface area contributed by atoms with E-state index in [1.165, 1.54) is 35.5 Å². The fraction of sp³-hybridized carbons (Fsp3) is 0.444. The predicted octanol–water partition coefficient (Wildman–Crippen LogP) is 3.38. The molecule has 1 aliphatic carbocycles. The second kappa shape index (κ2) is 8.43. The highest BCUT2D eigenvalue weighted by Gasteiger charge is 2.26. The van der Waals surface area contributed by atoms with E-state index < -0.39 is 20.5 Å². The van der Waals surface area contributed by atoms with Crippen molar-refractivity contribution in [3.8, 4) is 0 Å². The normalized spacial score (nSPS) is 14.2. The zero-order chi connectivity index (χ0) is 19.4. The van der Waals surface area contributed by atoms with E-state index in [0.717, 1.165) is 42.8 Å². The number of aromatic nitrogens is 1. The number of benzene rings is 1. The first kappa shape index (κ1) is 19.9. The number of hydrogen-bond acceptors (Lipinski definition) is 5. The maximum Gasteiger partial charge on any atom is 0.341 e. The van der Waals surface area contributed by atoms with Crippen molar-refractivity contribution in [3.63, 3.8) is 0 Å². The van der Waals surface area contributed by atoms with Crippen LogP contribution in [0.15, 0.2) is 29.2 Å². The summed E-state index contributed by atoms with van der Waals surface area (Å²) >= 11 is 1.75. The number of carbonyl (C=O) groups excluding carboxylic acids is 1. The third kappa shape index (κ3) is 4.70. The molecule has 1 amide bonds. The Hall–Kier alpha value is -1.87. The highest BCUT2D eigenvalue weighted by molar-refractivity contribution is 7.91. The van der Waals surface area contributed by atoms with Gasteiger partial charge in [-0.05, 0) is 56.4 Å². The van der Waals surface area contributed by atoms with Crippen molar-refractivity contribution in [2.75, 3.05) is 6.54 Å². The molecule has 0 unspecified atom stereocenters. The average Bonchev–Trinajstić information content (AvgIpc) is 3.08. The van der Waals surface area contributed by atoms with Crippen LogP contribution in [0.5, 0.6) is 0 Å². The molecule has 0 atom stereocenters. The number of rotatable bonds is 7. The van der Waals surface area contributed by atoms with E-state index in [1.54, 1.807) is 11.3 Å². The lowest BCUT2D eigenvalue weighted by Gasteiger charge is -2.06. The minimum absolute atomic E-state index is 0.230. The van der Waals surface area contributed by atoms with Crippen LogP contribution in [-0.2, 0) is 29.1 Å². The Kier molecular flexibility index (Phi) is 6.21. The maximum absolute atomic E-state index is 12.5. The van der Waals surface area contributed by atoms with Crippen LogP contribution in [0.1, 0.15) is 45.2 Å². The summed E-state index contributed by atoms with van der Waals surface area (Å²) in [6.07, 6.45) is 6.13. The fourth-order valence-corrected chi connectivity index (χ4v) is 4.87. The predicted molar refractivity (Wildman–Crippen MR) is 99.0 cm³/mol. The molecule has 9 heteroatoms. The van der Waals surface area contributed by atoms with Gasteiger partial charge in [-0.15, -0.1) is 11.3 Å². The molecule has 2 aromatic rings. The van der Waals surface area contributed by atoms with Crippen molar-refractivity contribution < 1.29 is 22.0 Å². The fourth-order valence-electron chi connectivity index (χ4n) is 2.95. The van der Waals surface area contributed by atoms with Crippen molar-refractivity contribution in [3.05, 3.63) is 45.4 Å². The van der Waals surface area contributed by atoms with Gasteiger partial charge >= 0.3 is 5.76 Å². The van der Waals surface area contributed by atoms with Crippen LogP contribution >= 0.6 is 11.3 Å². The zero-order valence-corrected chi connectivity index (χ0v) is 16.2. The molecule has 146 valence electrons. The van der Waals surface area contributed by atoms with Crippen LogP contribution in [0.25, 0.3) is 0 Å². The number of halogens is 2. The van der Waals surface area contributed by atoms with Crippen LogP contribution in [0, 0.1) is 0 Å². The molecule has 3 rings (SSSR count). The minimum atomic E-state index is -4.64. The summed E-state index contributed by atoms with van der Waals surface area (Å²) in [4.78, 5) is 17.6. The van der Waals surface area contributed by atoms with Gasteiger partial charge in [0, 0.05) is 23.4 Å². The Bertz CT molecular complexity index is 886. The monoisotopic (exact) mass is 414 g/mol. The quantitative estimate of drug-likeness (QED) is 0.705. The van der Waals surface area contributed by atoms with Crippen LogP contribution in [-0.4, -0.2) is 31.6 Å². The molecule has 0 spiro atoms. The first-order valence-electron chi connectivity index (χ1n) is 8.75. The van der Waals surface area contributed by atoms with Crippen molar-refractivity contribution in [2.24, 2.45) is 0 Å². The van der Waals surface area contributed by atoms with E-state index in [2.05, 4.69) is 10.3 Å². The number of alkyl halides is 2. The standard InChI is InChI=1S/C18H20F2N2O3S2/c19-18(20)27(24,25)13-9-7-12(8-10-13)17(23)21-11-3-6-16-22-14-4-1-2-5-15(14)26-16/h7-10,18H,1-6,11H2,(H,21,23). The van der Waals surface area contributed by atoms with E-state index in [-0.39, 0.29) is 11.5 Å². The lowest BCUT2D eigenvalue weighted by atomic mass is 10.0. The topological polar surface area (TPSA) is 76.1 Å². The minimum Gasteiger partial charge on any atom is -0.352 e. The van der Waals surface area contributed by atoms with Gasteiger partial charge in [-0.3, -0.25) is 4.79 Å². The van der Waals surface area contributed by atoms with Crippen LogP contribution in [0.4, 0.5) is 8.78 Å². The van der Waals surface area contributed by atoms with Crippen molar-refractivity contribution in [2.45, 2.75) is 49.2 Å². The van der Waals surface area contributed by atoms with Gasteiger partial charge in [-0.25, -0.2) is 13.4 Å². The van der Waals surface area contributed by atoms with E-state index in [0.29, 0.717) is 6.54 Å². The van der Waals surface area contributed by atoms with Crippen LogP contribution < -0.4 is 5.32 Å². The second-order valence-electron chi connectivity index (χ2n) is 6.37. The summed E-state index contributed by atoms with van der Waals surface area (Å²) in [5, 5.41) is 3.85. The molecule has 1 heterocycles. The van der Waals surface area contributed by atoms with E-state index in [9.17, 15) is 22.0 Å². The molecule has 0 fully saturated rings. The van der Waals surface area contributed by atoms with Gasteiger partial charge in [0.05, 0.1) is 15.6 Å². The maximum atomic E-state index is 12.5. The Labute approximate surface area is 160 Å². The SMILES string of the molecule is O=C(NCCCc1nc2c(s1)CCCC2)c1ccc(S(=O)(=O)C(F)F)cc1. The Balaban J connectivity index is 1.48. The number of hydrogen-bond donors (Lipinski definition) is 1. The first-order chi connectivity index (χ1) is 12.9. The van der Waals surface area contributed by atoms with E-state index in [1.807, 2.05) is 0 Å². The molecule has 5 nitrogen and oxygen atoms in total. The van der Waals surface area contributed by atoms with Crippen LogP contribution in [0.2, 0.25) is 0 Å². The Morgan fingerprint density at radius 1 is 1.19 bits per heavy atom. The number of amides is 1. The summed E-state index contributed by atoms with van der Waals surface area (Å²) in [5.41, 5.74) is 1.46. The van der Waals surface area contributed by atoms with Gasteiger partial charge in [0.2, 0.25) is 9.84 Å². The number of fused-ring (bicyclic) bond motifs is 1. The van der Waals surface area contributed by atoms with Crippen molar-refractivity contribution in [1.82, 2.24) is 10.3 Å². The van der Waals surface area contributed by atoms with Crippen molar-refractivity contribution >= 4 is 27.1 Å². The summed E-state index contributed by atoms with van der Waals surface area (Å²) < 4.78 is 47.8. The van der Waals surface area contributed by atoms with Gasteiger partial charge in [-0.2, -0.15) is 8.78 Å². The van der Waals surface area contributed by atoms with E-state index >= 15 is 0 Å². The molecular weight excluding hydrogens is 394 g/mol. The van der Waals surface area contributed by atoms with Gasteiger partial charge in [-0.1, -0.05) is 0 Å². The van der Waals surface area contributed by atoms with Crippen LogP contribution in [0.3, 0.4) is 0 Å². The highest BCUT2D eigenvalue weighted by atomic mass is 32.2. The number of aryl methyl sites for hydroxylation is 3. The smallest absolute Gasteiger partial charge is 0.341 e. The number of nitrogens with zero attached hydrogens (tertiary/aromatic N) is 1. The van der Waals surface area contributed by atoms with Gasteiger partial charge in [0.15, 0.2) is 0 Å². The second-order valence-corrected chi connectivity index (χ2v) is 9.46. The largest absolute Gasteiger partial charge is 0.352 e. The first-order valence-corrected chi connectivity index (χ1v) is 11.1. The summed E-state index contributed by atoms with van der Waals surface area (Å²) in [7, 11) is -4.64. The summed E-state index contributed by atoms with van der Waals surface area (Å²) in [5.74, 6) is -3.84. The summed E-state index contributed by atoms with van der Waals surface area (Å²) in [6.45, 7) is 0.458. The van der Waals surface area contributed by atoms with Gasteiger partial charge in [0.1, 0.15) is 0 Å². The molecule has 0 bridgehead atoms. The number of sulfone groups is 1. The lowest BCUT2D eigenvalue weighted by Crippen LogP contribution is -2.24. The number of nitrogens with one attached hydrogen (secondary N) is 1. The molecule has 27 heavy (non-hydrogen) atoms. The lowest BCUT2D eigenvalue weighted by molar-refractivity contribution is 0.0953. The summed E-state index contributed by atoms with van der Waals surface area (Å²) in [6, 6.07) is 4.52. The number of thiazole rings is 1. The molecule has 0 saturated heterocycles. The Morgan fingerprint density at radius 3 is 2.56 bits per heavy atom. The molecule has 1 aromatic carbocycles. The van der Waals surface area contributed by atoms with Gasteiger partial charge in [0.25, 0.3) is 5.91 Å². The molecular formula is C18H20F2N2O3S2. The highest BCUT2D eigenvalue weighted by Crippen LogP contribution is 2.27. The molecule has 0 radical (unpaired) electrons. The molecule has 0 saturated carbocycles. The van der Waals surface area contributed by atoms with Crippen molar-refractivity contribution in [1.29, 1.82) is 0 Å². The van der Waals surface area contributed by atoms with E-state index in [4.69, 9.17) is 0 Å². The zero-order valence-electron chi connectivity index (χ0n) is 14.6. The third-order valence-corrected chi connectivity index (χ3v) is 7.04. The molecule has 0 aliphatic heterocycles. The number of carbonyl (C=O) groups is 1. The molecule has 1 N–H and O–H groups in total. The molecule has 1 aromatic heterocycles. The average molecular weight is 414 g/mol. The van der Waals surface area contributed by atoms with Gasteiger partial charge < -0.3 is 5.32 Å².